The van der Waals surface area contributed by atoms with E-state index in [0.29, 0.717) is 16.7 Å². The lowest BCUT2D eigenvalue weighted by atomic mass is 10.2. The molecular formula is C22H17NO3S. The van der Waals surface area contributed by atoms with E-state index >= 15 is 0 Å². The summed E-state index contributed by atoms with van der Waals surface area (Å²) >= 11 is 0. The zero-order chi connectivity index (χ0) is 18.9. The average molecular weight is 375 g/mol. The van der Waals surface area contributed by atoms with Crippen LogP contribution in [0.15, 0.2) is 104 Å². The molecule has 0 bridgehead atoms. The largest absolute Gasteiger partial charge is 0.437 e. The number of nitrogens with zero attached hydrogens (tertiary/aromatic N) is 1. The van der Waals surface area contributed by atoms with Crippen molar-refractivity contribution in [2.24, 2.45) is 4.99 Å². The minimum absolute atomic E-state index is 0.0499. The van der Waals surface area contributed by atoms with Crippen molar-refractivity contribution in [3.05, 3.63) is 96.0 Å². The van der Waals surface area contributed by atoms with Gasteiger partial charge in [-0.3, -0.25) is 0 Å². The maximum Gasteiger partial charge on any atom is 0.239 e. The molecule has 27 heavy (non-hydrogen) atoms. The molecule has 0 aliphatic carbocycles. The summed E-state index contributed by atoms with van der Waals surface area (Å²) in [5.41, 5.74) is 2.26. The molecule has 0 spiro atoms. The molecule has 0 unspecified atom stereocenters. The Morgan fingerprint density at radius 2 is 1.48 bits per heavy atom. The molecule has 0 fully saturated rings. The SMILES string of the molecule is Cc1ccc(S(=O)(=O)c2cc3ccccc3oc2=Nc2ccccc2)cc1. The van der Waals surface area contributed by atoms with Crippen LogP contribution < -0.4 is 5.55 Å². The Bertz CT molecular complexity index is 1270. The first-order chi connectivity index (χ1) is 13.0. The fourth-order valence-electron chi connectivity index (χ4n) is 2.78. The van der Waals surface area contributed by atoms with Gasteiger partial charge in [-0.05, 0) is 43.3 Å². The van der Waals surface area contributed by atoms with Crippen LogP contribution in [0.4, 0.5) is 5.69 Å². The van der Waals surface area contributed by atoms with Crippen molar-refractivity contribution in [2.45, 2.75) is 16.7 Å². The van der Waals surface area contributed by atoms with Crippen molar-refractivity contribution in [1.82, 2.24) is 0 Å². The molecule has 4 aromatic rings. The molecule has 0 radical (unpaired) electrons. The van der Waals surface area contributed by atoms with Crippen LogP contribution in [0, 0.1) is 6.92 Å². The molecule has 0 saturated carbocycles. The summed E-state index contributed by atoms with van der Waals surface area (Å²) in [5, 5.41) is 0.704. The minimum Gasteiger partial charge on any atom is -0.437 e. The van der Waals surface area contributed by atoms with Crippen LogP contribution in [0.1, 0.15) is 5.56 Å². The highest BCUT2D eigenvalue weighted by Gasteiger charge is 2.22. The second kappa shape index (κ2) is 6.85. The second-order valence-corrected chi connectivity index (χ2v) is 8.14. The molecule has 0 atom stereocenters. The summed E-state index contributed by atoms with van der Waals surface area (Å²) in [4.78, 5) is 4.72. The molecule has 4 nitrogen and oxygen atoms in total. The number of sulfone groups is 1. The van der Waals surface area contributed by atoms with Crippen LogP contribution in [0.2, 0.25) is 0 Å². The van der Waals surface area contributed by atoms with Gasteiger partial charge >= 0.3 is 0 Å². The van der Waals surface area contributed by atoms with Crippen LogP contribution in [-0.4, -0.2) is 8.42 Å². The Morgan fingerprint density at radius 1 is 0.815 bits per heavy atom. The third-order valence-electron chi connectivity index (χ3n) is 4.23. The average Bonchev–Trinajstić information content (AvgIpc) is 2.68. The highest BCUT2D eigenvalue weighted by atomic mass is 32.2. The van der Waals surface area contributed by atoms with Crippen LogP contribution in [0.3, 0.4) is 0 Å². The van der Waals surface area contributed by atoms with Gasteiger partial charge in [0.1, 0.15) is 10.5 Å². The van der Waals surface area contributed by atoms with E-state index in [2.05, 4.69) is 4.99 Å². The van der Waals surface area contributed by atoms with Gasteiger partial charge in [-0.15, -0.1) is 0 Å². The fourth-order valence-corrected chi connectivity index (χ4v) is 4.13. The first kappa shape index (κ1) is 17.2. The monoisotopic (exact) mass is 375 g/mol. The van der Waals surface area contributed by atoms with Gasteiger partial charge in [0.25, 0.3) is 0 Å². The van der Waals surface area contributed by atoms with Crippen molar-refractivity contribution in [1.29, 1.82) is 0 Å². The zero-order valence-corrected chi connectivity index (χ0v) is 15.5. The van der Waals surface area contributed by atoms with Crippen LogP contribution in [-0.2, 0) is 9.84 Å². The van der Waals surface area contributed by atoms with Gasteiger partial charge in [0.05, 0.1) is 10.6 Å². The number of rotatable bonds is 3. The predicted molar refractivity (Wildman–Crippen MR) is 105 cm³/mol. The molecular weight excluding hydrogens is 358 g/mol. The van der Waals surface area contributed by atoms with Crippen molar-refractivity contribution in [2.75, 3.05) is 0 Å². The number of para-hydroxylation sites is 2. The lowest BCUT2D eigenvalue weighted by Gasteiger charge is -2.07. The second-order valence-electron chi connectivity index (χ2n) is 6.22. The van der Waals surface area contributed by atoms with Gasteiger partial charge in [-0.2, -0.15) is 0 Å². The molecule has 5 heteroatoms. The standard InChI is InChI=1S/C22H17NO3S/c1-16-11-13-19(14-12-16)27(24,25)21-15-17-7-5-6-10-20(17)26-22(21)23-18-8-3-2-4-9-18/h2-15H,1H3. The highest BCUT2D eigenvalue weighted by Crippen LogP contribution is 2.23. The van der Waals surface area contributed by atoms with Crippen LogP contribution in [0.25, 0.3) is 11.0 Å². The van der Waals surface area contributed by atoms with E-state index < -0.39 is 9.84 Å². The summed E-state index contributed by atoms with van der Waals surface area (Å²) in [5.74, 6) is 0. The number of benzene rings is 3. The maximum absolute atomic E-state index is 13.3. The Labute approximate surface area is 157 Å². The van der Waals surface area contributed by atoms with Crippen LogP contribution in [0.5, 0.6) is 0 Å². The van der Waals surface area contributed by atoms with Gasteiger partial charge in [-0.25, -0.2) is 13.4 Å². The third-order valence-corrected chi connectivity index (χ3v) is 5.99. The number of hydrogen-bond acceptors (Lipinski definition) is 4. The summed E-state index contributed by atoms with van der Waals surface area (Å²) in [6, 6.07) is 24.8. The van der Waals surface area contributed by atoms with Gasteiger partial charge in [-0.1, -0.05) is 54.1 Å². The number of hydrogen-bond donors (Lipinski definition) is 0. The molecule has 0 N–H and O–H groups in total. The van der Waals surface area contributed by atoms with Gasteiger partial charge in [0.2, 0.25) is 15.4 Å². The minimum atomic E-state index is -3.79. The van der Waals surface area contributed by atoms with E-state index in [1.807, 2.05) is 43.3 Å². The van der Waals surface area contributed by atoms with Crippen molar-refractivity contribution < 1.29 is 12.8 Å². The van der Waals surface area contributed by atoms with Gasteiger partial charge < -0.3 is 4.42 Å². The lowest BCUT2D eigenvalue weighted by molar-refractivity contribution is 0.517. The van der Waals surface area contributed by atoms with E-state index in [9.17, 15) is 8.42 Å². The molecule has 0 aliphatic rings. The van der Waals surface area contributed by atoms with E-state index in [4.69, 9.17) is 4.42 Å². The highest BCUT2D eigenvalue weighted by molar-refractivity contribution is 7.91. The Kier molecular flexibility index (Phi) is 4.38. The van der Waals surface area contributed by atoms with E-state index in [1.165, 1.54) is 0 Å². The van der Waals surface area contributed by atoms with E-state index in [1.54, 1.807) is 48.5 Å². The number of fused-ring (bicyclic) bond motifs is 1. The normalized spacial score (nSPS) is 12.4. The summed E-state index contributed by atoms with van der Waals surface area (Å²) in [7, 11) is -3.79. The molecule has 4 rings (SSSR count). The van der Waals surface area contributed by atoms with Crippen molar-refractivity contribution >= 4 is 26.5 Å². The first-order valence-corrected chi connectivity index (χ1v) is 9.97. The summed E-state index contributed by atoms with van der Waals surface area (Å²) < 4.78 is 32.4. The molecule has 1 aromatic heterocycles. The summed E-state index contributed by atoms with van der Waals surface area (Å²) in [6.07, 6.45) is 0. The van der Waals surface area contributed by atoms with Crippen molar-refractivity contribution in [3.8, 4) is 0 Å². The molecule has 0 amide bonds. The predicted octanol–water partition coefficient (Wildman–Crippen LogP) is 4.81. The fraction of sp³-hybridized carbons (Fsp3) is 0.0455. The Balaban J connectivity index is 2.02. The first-order valence-electron chi connectivity index (χ1n) is 8.48. The molecule has 0 saturated heterocycles. The quantitative estimate of drug-likeness (QED) is 0.516. The molecule has 3 aromatic carbocycles. The number of aryl methyl sites for hydroxylation is 1. The van der Waals surface area contributed by atoms with Gasteiger partial charge in [0.15, 0.2) is 0 Å². The topological polar surface area (TPSA) is 59.6 Å². The Morgan fingerprint density at radius 3 is 2.22 bits per heavy atom. The third kappa shape index (κ3) is 3.41. The van der Waals surface area contributed by atoms with Gasteiger partial charge in [0, 0.05) is 5.39 Å². The molecule has 0 aliphatic heterocycles. The van der Waals surface area contributed by atoms with Crippen LogP contribution >= 0.6 is 0 Å². The smallest absolute Gasteiger partial charge is 0.239 e. The maximum atomic E-state index is 13.3. The Hall–Kier alpha value is -3.18. The van der Waals surface area contributed by atoms with Crippen molar-refractivity contribution in [3.63, 3.8) is 0 Å². The molecule has 134 valence electrons. The lowest BCUT2D eigenvalue weighted by Crippen LogP contribution is -2.15. The zero-order valence-electron chi connectivity index (χ0n) is 14.7. The van der Waals surface area contributed by atoms with E-state index in [0.717, 1.165) is 5.56 Å². The van der Waals surface area contributed by atoms with E-state index in [-0.39, 0.29) is 15.3 Å². The molecule has 1 heterocycles. The summed E-state index contributed by atoms with van der Waals surface area (Å²) in [6.45, 7) is 1.91.